The van der Waals surface area contributed by atoms with Crippen LogP contribution in [0, 0.1) is 13.8 Å². The van der Waals surface area contributed by atoms with E-state index in [0.717, 1.165) is 11.1 Å². The molecule has 0 aliphatic rings. The predicted octanol–water partition coefficient (Wildman–Crippen LogP) is 4.81. The van der Waals surface area contributed by atoms with Crippen molar-refractivity contribution in [1.29, 1.82) is 0 Å². The molecular formula is C22H21ClN2O5. The third kappa shape index (κ3) is 4.80. The SMILES string of the molecule is CCOC(=O)c1c(-c2ccc(Cl)cc2)noc1NC(=O)COc1cccc(C)c1C. The van der Waals surface area contributed by atoms with Gasteiger partial charge in [-0.2, -0.15) is 0 Å². The van der Waals surface area contributed by atoms with Crippen LogP contribution in [-0.4, -0.2) is 30.2 Å². The summed E-state index contributed by atoms with van der Waals surface area (Å²) in [6, 6.07) is 12.3. The number of rotatable bonds is 7. The molecule has 2 aromatic carbocycles. The van der Waals surface area contributed by atoms with Crippen LogP contribution in [-0.2, 0) is 9.53 Å². The predicted molar refractivity (Wildman–Crippen MR) is 113 cm³/mol. The van der Waals surface area contributed by atoms with Crippen molar-refractivity contribution < 1.29 is 23.6 Å². The van der Waals surface area contributed by atoms with E-state index >= 15 is 0 Å². The lowest BCUT2D eigenvalue weighted by Gasteiger charge is -2.10. The number of ether oxygens (including phenoxy) is 2. The molecule has 0 fully saturated rings. The lowest BCUT2D eigenvalue weighted by Crippen LogP contribution is -2.21. The van der Waals surface area contributed by atoms with Crippen LogP contribution in [0.1, 0.15) is 28.4 Å². The molecular weight excluding hydrogens is 408 g/mol. The summed E-state index contributed by atoms with van der Waals surface area (Å²) in [5.41, 5.74) is 2.87. The molecule has 0 saturated carbocycles. The van der Waals surface area contributed by atoms with E-state index < -0.39 is 11.9 Å². The van der Waals surface area contributed by atoms with Crippen molar-refractivity contribution in [1.82, 2.24) is 5.16 Å². The van der Waals surface area contributed by atoms with Gasteiger partial charge in [0.05, 0.1) is 6.61 Å². The number of halogens is 1. The largest absolute Gasteiger partial charge is 0.483 e. The van der Waals surface area contributed by atoms with E-state index in [9.17, 15) is 9.59 Å². The average molecular weight is 429 g/mol. The number of hydrogen-bond donors (Lipinski definition) is 1. The number of benzene rings is 2. The van der Waals surface area contributed by atoms with Crippen molar-refractivity contribution in [2.75, 3.05) is 18.5 Å². The van der Waals surface area contributed by atoms with E-state index in [-0.39, 0.29) is 30.4 Å². The van der Waals surface area contributed by atoms with Crippen LogP contribution < -0.4 is 10.1 Å². The van der Waals surface area contributed by atoms with Gasteiger partial charge in [0.25, 0.3) is 5.91 Å². The number of carbonyl (C=O) groups excluding carboxylic acids is 2. The molecule has 3 aromatic rings. The summed E-state index contributed by atoms with van der Waals surface area (Å²) in [4.78, 5) is 24.9. The van der Waals surface area contributed by atoms with E-state index in [1.807, 2.05) is 26.0 Å². The summed E-state index contributed by atoms with van der Waals surface area (Å²) >= 11 is 5.92. The molecule has 1 heterocycles. The first-order valence-corrected chi connectivity index (χ1v) is 9.70. The van der Waals surface area contributed by atoms with Gasteiger partial charge in [-0.25, -0.2) is 4.79 Å². The summed E-state index contributed by atoms with van der Waals surface area (Å²) in [6.45, 7) is 5.46. The van der Waals surface area contributed by atoms with Crippen molar-refractivity contribution in [3.63, 3.8) is 0 Å². The minimum atomic E-state index is -0.658. The molecule has 0 bridgehead atoms. The molecule has 0 spiro atoms. The van der Waals surface area contributed by atoms with Gasteiger partial charge in [0.15, 0.2) is 12.2 Å². The number of nitrogens with zero attached hydrogens (tertiary/aromatic N) is 1. The van der Waals surface area contributed by atoms with Crippen LogP contribution in [0.15, 0.2) is 47.0 Å². The summed E-state index contributed by atoms with van der Waals surface area (Å²) in [6.07, 6.45) is 0. The smallest absolute Gasteiger partial charge is 0.346 e. The Bertz CT molecular complexity index is 1060. The van der Waals surface area contributed by atoms with E-state index in [0.29, 0.717) is 16.3 Å². The maximum Gasteiger partial charge on any atom is 0.346 e. The van der Waals surface area contributed by atoms with E-state index in [1.165, 1.54) is 0 Å². The first-order chi connectivity index (χ1) is 14.4. The quantitative estimate of drug-likeness (QED) is 0.543. The Labute approximate surface area is 178 Å². The highest BCUT2D eigenvalue weighted by atomic mass is 35.5. The van der Waals surface area contributed by atoms with E-state index in [1.54, 1.807) is 37.3 Å². The van der Waals surface area contributed by atoms with Crippen molar-refractivity contribution >= 4 is 29.4 Å². The highest BCUT2D eigenvalue weighted by Crippen LogP contribution is 2.30. The fourth-order valence-electron chi connectivity index (χ4n) is 2.76. The molecule has 3 rings (SSSR count). The van der Waals surface area contributed by atoms with Crippen LogP contribution >= 0.6 is 11.6 Å². The van der Waals surface area contributed by atoms with Crippen molar-refractivity contribution in [3.05, 3.63) is 64.2 Å². The first-order valence-electron chi connectivity index (χ1n) is 9.32. The van der Waals surface area contributed by atoms with E-state index in [4.69, 9.17) is 25.6 Å². The lowest BCUT2D eigenvalue weighted by molar-refractivity contribution is -0.118. The lowest BCUT2D eigenvalue weighted by atomic mass is 10.1. The number of hydrogen-bond acceptors (Lipinski definition) is 6. The summed E-state index contributed by atoms with van der Waals surface area (Å²) in [5, 5.41) is 7.02. The number of aryl methyl sites for hydroxylation is 1. The Balaban J connectivity index is 1.80. The second-order valence-corrected chi connectivity index (χ2v) is 6.93. The summed E-state index contributed by atoms with van der Waals surface area (Å²) < 4.78 is 15.9. The third-order valence-corrected chi connectivity index (χ3v) is 4.71. The van der Waals surface area contributed by atoms with Gasteiger partial charge in [-0.1, -0.05) is 41.0 Å². The average Bonchev–Trinajstić information content (AvgIpc) is 3.13. The zero-order valence-corrected chi connectivity index (χ0v) is 17.6. The van der Waals surface area contributed by atoms with Crippen molar-refractivity contribution in [2.24, 2.45) is 0 Å². The van der Waals surface area contributed by atoms with Crippen molar-refractivity contribution in [3.8, 4) is 17.0 Å². The Hall–Kier alpha value is -3.32. The maximum absolute atomic E-state index is 12.5. The molecule has 1 N–H and O–H groups in total. The zero-order valence-electron chi connectivity index (χ0n) is 16.8. The van der Waals surface area contributed by atoms with Crippen molar-refractivity contribution in [2.45, 2.75) is 20.8 Å². The highest BCUT2D eigenvalue weighted by Gasteiger charge is 2.26. The number of nitrogens with one attached hydrogen (secondary N) is 1. The minimum Gasteiger partial charge on any atom is -0.483 e. The van der Waals surface area contributed by atoms with Crippen LogP contribution in [0.4, 0.5) is 5.88 Å². The second-order valence-electron chi connectivity index (χ2n) is 6.50. The zero-order chi connectivity index (χ0) is 21.7. The molecule has 1 amide bonds. The Morgan fingerprint density at radius 3 is 2.57 bits per heavy atom. The molecule has 0 atom stereocenters. The monoisotopic (exact) mass is 428 g/mol. The van der Waals surface area contributed by atoms with E-state index in [2.05, 4.69) is 10.5 Å². The number of aromatic nitrogens is 1. The Morgan fingerprint density at radius 1 is 1.13 bits per heavy atom. The number of anilines is 1. The molecule has 0 saturated heterocycles. The molecule has 0 radical (unpaired) electrons. The third-order valence-electron chi connectivity index (χ3n) is 4.46. The molecule has 0 unspecified atom stereocenters. The van der Waals surface area contributed by atoms with Crippen LogP contribution in [0.25, 0.3) is 11.3 Å². The van der Waals surface area contributed by atoms with Gasteiger partial charge in [-0.15, -0.1) is 0 Å². The van der Waals surface area contributed by atoms with Crippen LogP contribution in [0.3, 0.4) is 0 Å². The van der Waals surface area contributed by atoms with Gasteiger partial charge < -0.3 is 14.0 Å². The fourth-order valence-corrected chi connectivity index (χ4v) is 2.89. The normalized spacial score (nSPS) is 10.5. The van der Waals surface area contributed by atoms with Gasteiger partial charge in [0.1, 0.15) is 11.4 Å². The Kier molecular flexibility index (Phi) is 6.74. The first kappa shape index (κ1) is 21.4. The van der Waals surface area contributed by atoms with Crippen LogP contribution in [0.2, 0.25) is 5.02 Å². The number of carbonyl (C=O) groups is 2. The maximum atomic E-state index is 12.5. The molecule has 30 heavy (non-hydrogen) atoms. The van der Waals surface area contributed by atoms with Gasteiger partial charge in [-0.3, -0.25) is 10.1 Å². The van der Waals surface area contributed by atoms with Gasteiger partial charge >= 0.3 is 5.97 Å². The summed E-state index contributed by atoms with van der Waals surface area (Å²) in [5.74, 6) is -0.655. The van der Waals surface area contributed by atoms with Crippen LogP contribution in [0.5, 0.6) is 5.75 Å². The highest BCUT2D eigenvalue weighted by molar-refractivity contribution is 6.30. The molecule has 8 heteroatoms. The molecule has 0 aliphatic carbocycles. The standard InChI is InChI=1S/C22H21ClN2O5/c1-4-28-22(27)19-20(15-8-10-16(23)11-9-15)25-30-21(19)24-18(26)12-29-17-7-5-6-13(2)14(17)3/h5-11H,4,12H2,1-3H3,(H,24,26). The second kappa shape index (κ2) is 9.45. The summed E-state index contributed by atoms with van der Waals surface area (Å²) in [7, 11) is 0. The van der Waals surface area contributed by atoms with Gasteiger partial charge in [-0.05, 0) is 50.1 Å². The molecule has 0 aliphatic heterocycles. The molecule has 7 nitrogen and oxygen atoms in total. The molecule has 1 aromatic heterocycles. The number of esters is 1. The molecule has 156 valence electrons. The minimum absolute atomic E-state index is 0.0271. The number of amides is 1. The Morgan fingerprint density at radius 2 is 1.87 bits per heavy atom. The topological polar surface area (TPSA) is 90.7 Å². The van der Waals surface area contributed by atoms with Gasteiger partial charge in [0.2, 0.25) is 5.88 Å². The fraction of sp³-hybridized carbons (Fsp3) is 0.227. The van der Waals surface area contributed by atoms with Gasteiger partial charge in [0, 0.05) is 10.6 Å².